The first-order valence-corrected chi connectivity index (χ1v) is 5.95. The first-order valence-electron chi connectivity index (χ1n) is 5.19. The van der Waals surface area contributed by atoms with Gasteiger partial charge in [-0.3, -0.25) is 10.2 Å². The average molecular weight is 275 g/mol. The normalized spacial score (nSPS) is 28.3. The summed E-state index contributed by atoms with van der Waals surface area (Å²) in [6.07, 6.45) is 0. The van der Waals surface area contributed by atoms with E-state index in [-0.39, 0.29) is 12.0 Å². The van der Waals surface area contributed by atoms with Gasteiger partial charge in [0.15, 0.2) is 0 Å². The zero-order chi connectivity index (χ0) is 12.6. The molecule has 3 atom stereocenters. The Hall–Kier alpha value is -0.810. The third kappa shape index (κ3) is 2.40. The molecule has 92 valence electrons. The molecular formula is C11H12Cl2N2O2. The zero-order valence-electron chi connectivity index (χ0n) is 9.08. The van der Waals surface area contributed by atoms with Gasteiger partial charge >= 0.3 is 5.97 Å². The average Bonchev–Trinajstić information content (AvgIpc) is 2.64. The van der Waals surface area contributed by atoms with E-state index in [1.54, 1.807) is 18.2 Å². The second-order valence-corrected chi connectivity index (χ2v) is 4.91. The van der Waals surface area contributed by atoms with E-state index >= 15 is 0 Å². The van der Waals surface area contributed by atoms with Crippen molar-refractivity contribution in [3.63, 3.8) is 0 Å². The van der Waals surface area contributed by atoms with Crippen LogP contribution in [-0.4, -0.2) is 23.2 Å². The molecule has 1 aliphatic heterocycles. The number of carbonyl (C=O) groups is 1. The van der Waals surface area contributed by atoms with Crippen molar-refractivity contribution in [3.8, 4) is 0 Å². The van der Waals surface area contributed by atoms with Crippen molar-refractivity contribution in [2.24, 2.45) is 0 Å². The Kier molecular flexibility index (Phi) is 3.58. The molecule has 3 N–H and O–H groups in total. The third-order valence-electron chi connectivity index (χ3n) is 2.96. The summed E-state index contributed by atoms with van der Waals surface area (Å²) in [7, 11) is 0. The molecule has 6 heteroatoms. The largest absolute Gasteiger partial charge is 0.480 e. The van der Waals surface area contributed by atoms with Gasteiger partial charge < -0.3 is 5.11 Å². The Labute approximate surface area is 109 Å². The van der Waals surface area contributed by atoms with Crippen LogP contribution in [0, 0.1) is 0 Å². The van der Waals surface area contributed by atoms with Gasteiger partial charge in [0.05, 0.1) is 10.0 Å². The Bertz CT molecular complexity index is 453. The molecule has 17 heavy (non-hydrogen) atoms. The number of benzene rings is 1. The van der Waals surface area contributed by atoms with E-state index in [1.165, 1.54) is 0 Å². The summed E-state index contributed by atoms with van der Waals surface area (Å²) in [4.78, 5) is 11.1. The lowest BCUT2D eigenvalue weighted by Gasteiger charge is -2.18. The first-order chi connectivity index (χ1) is 8.00. The highest BCUT2D eigenvalue weighted by molar-refractivity contribution is 6.42. The van der Waals surface area contributed by atoms with Crippen molar-refractivity contribution in [2.75, 3.05) is 0 Å². The van der Waals surface area contributed by atoms with Gasteiger partial charge in [-0.05, 0) is 24.6 Å². The summed E-state index contributed by atoms with van der Waals surface area (Å²) in [5.41, 5.74) is 6.55. The minimum Gasteiger partial charge on any atom is -0.480 e. The maximum Gasteiger partial charge on any atom is 0.322 e. The van der Waals surface area contributed by atoms with E-state index in [0.29, 0.717) is 10.0 Å². The molecule has 0 radical (unpaired) electrons. The smallest absolute Gasteiger partial charge is 0.322 e. The maximum atomic E-state index is 11.1. The van der Waals surface area contributed by atoms with Crippen molar-refractivity contribution in [3.05, 3.63) is 33.8 Å². The fraction of sp³-hybridized carbons (Fsp3) is 0.364. The van der Waals surface area contributed by atoms with Crippen molar-refractivity contribution >= 4 is 29.2 Å². The molecule has 0 amide bonds. The number of hydrazine groups is 1. The molecule has 3 unspecified atom stereocenters. The molecule has 0 spiro atoms. The molecule has 0 aliphatic carbocycles. The van der Waals surface area contributed by atoms with E-state index in [9.17, 15) is 4.79 Å². The number of rotatable bonds is 2. The molecule has 0 aromatic heterocycles. The number of nitrogens with one attached hydrogen (secondary N) is 2. The van der Waals surface area contributed by atoms with Crippen LogP contribution in [0.15, 0.2) is 18.2 Å². The number of hydrogen-bond donors (Lipinski definition) is 3. The summed E-state index contributed by atoms with van der Waals surface area (Å²) >= 11 is 11.8. The number of aliphatic carboxylic acids is 1. The lowest BCUT2D eigenvalue weighted by atomic mass is 9.88. The predicted octanol–water partition coefficient (Wildman–Crippen LogP) is 2.03. The molecule has 1 aromatic rings. The maximum absolute atomic E-state index is 11.1. The number of carboxylic acids is 1. The van der Waals surface area contributed by atoms with E-state index in [0.717, 1.165) is 5.56 Å². The van der Waals surface area contributed by atoms with Gasteiger partial charge in [-0.15, -0.1) is 0 Å². The van der Waals surface area contributed by atoms with Gasteiger partial charge in [-0.1, -0.05) is 29.3 Å². The molecule has 1 saturated heterocycles. The monoisotopic (exact) mass is 274 g/mol. The molecule has 0 bridgehead atoms. The molecular weight excluding hydrogens is 263 g/mol. The lowest BCUT2D eigenvalue weighted by Crippen LogP contribution is -2.38. The van der Waals surface area contributed by atoms with E-state index in [1.807, 2.05) is 6.92 Å². The standard InChI is InChI=1S/C11H12Cl2N2O2/c1-5-9(10(11(16)17)15-14-5)6-2-3-7(12)8(13)4-6/h2-5,9-10,14-15H,1H3,(H,16,17). The predicted molar refractivity (Wildman–Crippen MR) is 66.4 cm³/mol. The number of carboxylic acid groups (broad SMARTS) is 1. The van der Waals surface area contributed by atoms with Crippen LogP contribution in [-0.2, 0) is 4.79 Å². The van der Waals surface area contributed by atoms with Gasteiger partial charge in [-0.2, -0.15) is 0 Å². The summed E-state index contributed by atoms with van der Waals surface area (Å²) in [6, 6.07) is 4.55. The van der Waals surface area contributed by atoms with Crippen molar-refractivity contribution in [2.45, 2.75) is 24.9 Å². The van der Waals surface area contributed by atoms with Gasteiger partial charge in [-0.25, -0.2) is 5.43 Å². The van der Waals surface area contributed by atoms with Crippen molar-refractivity contribution < 1.29 is 9.90 Å². The second kappa shape index (κ2) is 4.82. The van der Waals surface area contributed by atoms with Crippen LogP contribution >= 0.6 is 23.2 Å². The van der Waals surface area contributed by atoms with Crippen molar-refractivity contribution in [1.29, 1.82) is 0 Å². The van der Waals surface area contributed by atoms with E-state index in [4.69, 9.17) is 28.3 Å². The molecule has 2 rings (SSSR count). The number of halogens is 2. The molecule has 1 aliphatic rings. The van der Waals surface area contributed by atoms with E-state index < -0.39 is 12.0 Å². The van der Waals surface area contributed by atoms with Crippen LogP contribution in [0.2, 0.25) is 10.0 Å². The van der Waals surface area contributed by atoms with Crippen LogP contribution in [0.4, 0.5) is 0 Å². The summed E-state index contributed by atoms with van der Waals surface area (Å²) < 4.78 is 0. The van der Waals surface area contributed by atoms with Gasteiger partial charge in [0.25, 0.3) is 0 Å². The molecule has 1 aromatic carbocycles. The minimum atomic E-state index is -0.891. The molecule has 1 fully saturated rings. The highest BCUT2D eigenvalue weighted by Crippen LogP contribution is 2.31. The topological polar surface area (TPSA) is 61.4 Å². The van der Waals surface area contributed by atoms with Crippen LogP contribution in [0.25, 0.3) is 0 Å². The van der Waals surface area contributed by atoms with Gasteiger partial charge in [0.1, 0.15) is 6.04 Å². The zero-order valence-corrected chi connectivity index (χ0v) is 10.6. The van der Waals surface area contributed by atoms with E-state index in [2.05, 4.69) is 10.9 Å². The Balaban J connectivity index is 2.36. The van der Waals surface area contributed by atoms with Gasteiger partial charge in [0.2, 0.25) is 0 Å². The Morgan fingerprint density at radius 3 is 2.59 bits per heavy atom. The molecule has 4 nitrogen and oxygen atoms in total. The summed E-state index contributed by atoms with van der Waals surface area (Å²) in [5.74, 6) is -1.07. The van der Waals surface area contributed by atoms with Crippen LogP contribution in [0.3, 0.4) is 0 Å². The lowest BCUT2D eigenvalue weighted by molar-refractivity contribution is -0.139. The third-order valence-corrected chi connectivity index (χ3v) is 3.70. The minimum absolute atomic E-state index is 0.00772. The van der Waals surface area contributed by atoms with Crippen molar-refractivity contribution in [1.82, 2.24) is 10.9 Å². The SMILES string of the molecule is CC1NNC(C(=O)O)C1c1ccc(Cl)c(Cl)c1. The fourth-order valence-electron chi connectivity index (χ4n) is 2.11. The highest BCUT2D eigenvalue weighted by atomic mass is 35.5. The van der Waals surface area contributed by atoms with Crippen LogP contribution in [0.1, 0.15) is 18.4 Å². The van der Waals surface area contributed by atoms with Gasteiger partial charge in [0, 0.05) is 12.0 Å². The Morgan fingerprint density at radius 1 is 1.29 bits per heavy atom. The second-order valence-electron chi connectivity index (χ2n) is 4.09. The molecule has 0 saturated carbocycles. The highest BCUT2D eigenvalue weighted by Gasteiger charge is 2.38. The van der Waals surface area contributed by atoms with Crippen LogP contribution in [0.5, 0.6) is 0 Å². The first kappa shape index (κ1) is 12.6. The van der Waals surface area contributed by atoms with Crippen LogP contribution < -0.4 is 10.9 Å². The fourth-order valence-corrected chi connectivity index (χ4v) is 2.41. The summed E-state index contributed by atoms with van der Waals surface area (Å²) in [6.45, 7) is 1.92. The number of hydrogen-bond acceptors (Lipinski definition) is 3. The quantitative estimate of drug-likeness (QED) is 0.772. The Morgan fingerprint density at radius 2 is 2.00 bits per heavy atom. The molecule has 1 heterocycles. The summed E-state index contributed by atoms with van der Waals surface area (Å²) in [5, 5.41) is 10.0.